The number of ether oxygens (including phenoxy) is 1. The molecule has 0 aliphatic carbocycles. The van der Waals surface area contributed by atoms with E-state index in [4.69, 9.17) is 4.74 Å². The Hall–Kier alpha value is -1.98. The lowest BCUT2D eigenvalue weighted by molar-refractivity contribution is 0.0377. The molecule has 0 atom stereocenters. The maximum Gasteiger partial charge on any atom is 0.125 e. The van der Waals surface area contributed by atoms with Crippen molar-refractivity contribution >= 4 is 11.4 Å². The van der Waals surface area contributed by atoms with Gasteiger partial charge in [0.15, 0.2) is 0 Å². The van der Waals surface area contributed by atoms with Crippen LogP contribution in [0.25, 0.3) is 0 Å². The SMILES string of the molecule is Fc1ccc2c(c1)N(CCCN1CCOCC1)c1cc(F)ccc1CC2. The lowest BCUT2D eigenvalue weighted by atomic mass is 10.0. The van der Waals surface area contributed by atoms with Crippen molar-refractivity contribution in [1.82, 2.24) is 4.90 Å². The molecule has 0 N–H and O–H groups in total. The Morgan fingerprint density at radius 2 is 1.38 bits per heavy atom. The number of fused-ring (bicyclic) bond motifs is 2. The second kappa shape index (κ2) is 7.72. The van der Waals surface area contributed by atoms with Crippen molar-refractivity contribution in [3.63, 3.8) is 0 Å². The summed E-state index contributed by atoms with van der Waals surface area (Å²) in [5.41, 5.74) is 3.98. The highest BCUT2D eigenvalue weighted by Crippen LogP contribution is 2.37. The van der Waals surface area contributed by atoms with E-state index in [2.05, 4.69) is 9.80 Å². The number of benzene rings is 2. The predicted octanol–water partition coefficient (Wildman–Crippen LogP) is 3.92. The topological polar surface area (TPSA) is 15.7 Å². The number of morpholine rings is 1. The maximum absolute atomic E-state index is 13.9. The lowest BCUT2D eigenvalue weighted by Crippen LogP contribution is -2.37. The number of hydrogen-bond acceptors (Lipinski definition) is 3. The van der Waals surface area contributed by atoms with Crippen molar-refractivity contribution in [2.75, 3.05) is 44.3 Å². The van der Waals surface area contributed by atoms with Gasteiger partial charge in [0.05, 0.1) is 13.2 Å². The van der Waals surface area contributed by atoms with Gasteiger partial charge in [0.2, 0.25) is 0 Å². The Kier molecular flexibility index (Phi) is 5.18. The van der Waals surface area contributed by atoms with Gasteiger partial charge < -0.3 is 9.64 Å². The Bertz CT molecular complexity index is 721. The molecule has 2 aromatic rings. The maximum atomic E-state index is 13.9. The van der Waals surface area contributed by atoms with E-state index in [1.54, 1.807) is 12.1 Å². The molecule has 5 heteroatoms. The Morgan fingerprint density at radius 3 is 1.96 bits per heavy atom. The van der Waals surface area contributed by atoms with E-state index in [1.165, 1.54) is 12.1 Å². The fourth-order valence-corrected chi connectivity index (χ4v) is 3.92. The molecule has 2 aliphatic rings. The molecule has 0 aromatic heterocycles. The molecule has 2 aromatic carbocycles. The summed E-state index contributed by atoms with van der Waals surface area (Å²) >= 11 is 0. The van der Waals surface area contributed by atoms with Gasteiger partial charge in [-0.15, -0.1) is 0 Å². The van der Waals surface area contributed by atoms with Crippen molar-refractivity contribution in [2.24, 2.45) is 0 Å². The van der Waals surface area contributed by atoms with Crippen LogP contribution < -0.4 is 4.90 Å². The quantitative estimate of drug-likeness (QED) is 0.824. The highest BCUT2D eigenvalue weighted by molar-refractivity contribution is 5.71. The standard InChI is InChI=1S/C21H24F2N2O/c22-18-6-4-16-2-3-17-5-7-19(23)15-21(17)25(20(16)14-18)9-1-8-24-10-12-26-13-11-24/h4-7,14-15H,1-3,8-13H2. The van der Waals surface area contributed by atoms with Gasteiger partial charge >= 0.3 is 0 Å². The minimum Gasteiger partial charge on any atom is -0.379 e. The van der Waals surface area contributed by atoms with E-state index in [1.807, 2.05) is 12.1 Å². The van der Waals surface area contributed by atoms with Gasteiger partial charge in [-0.25, -0.2) is 8.78 Å². The summed E-state index contributed by atoms with van der Waals surface area (Å²) in [4.78, 5) is 4.49. The zero-order valence-corrected chi connectivity index (χ0v) is 14.9. The Balaban J connectivity index is 1.60. The fourth-order valence-electron chi connectivity index (χ4n) is 3.92. The third-order valence-corrected chi connectivity index (χ3v) is 5.30. The number of halogens is 2. The molecule has 26 heavy (non-hydrogen) atoms. The first-order chi connectivity index (χ1) is 12.7. The second-order valence-electron chi connectivity index (χ2n) is 7.01. The Morgan fingerprint density at radius 1 is 0.808 bits per heavy atom. The molecule has 1 saturated heterocycles. The molecule has 138 valence electrons. The first-order valence-corrected chi connectivity index (χ1v) is 9.35. The summed E-state index contributed by atoms with van der Waals surface area (Å²) in [5, 5.41) is 0. The van der Waals surface area contributed by atoms with Crippen LogP contribution in [0.5, 0.6) is 0 Å². The van der Waals surface area contributed by atoms with Gasteiger partial charge in [-0.1, -0.05) is 12.1 Å². The van der Waals surface area contributed by atoms with Crippen LogP contribution in [0.2, 0.25) is 0 Å². The average molecular weight is 358 g/mol. The first kappa shape index (κ1) is 17.4. The minimum atomic E-state index is -0.248. The van der Waals surface area contributed by atoms with Gasteiger partial charge in [0, 0.05) is 37.6 Å². The van der Waals surface area contributed by atoms with Crippen molar-refractivity contribution in [3.8, 4) is 0 Å². The van der Waals surface area contributed by atoms with E-state index >= 15 is 0 Å². The zero-order chi connectivity index (χ0) is 17.9. The summed E-state index contributed by atoms with van der Waals surface area (Å²) in [6.07, 6.45) is 2.62. The molecule has 0 amide bonds. The molecule has 3 nitrogen and oxygen atoms in total. The highest BCUT2D eigenvalue weighted by Gasteiger charge is 2.22. The molecule has 2 aliphatic heterocycles. The third kappa shape index (κ3) is 3.74. The fraction of sp³-hybridized carbons (Fsp3) is 0.429. The minimum absolute atomic E-state index is 0.248. The molecule has 0 bridgehead atoms. The van der Waals surface area contributed by atoms with E-state index in [-0.39, 0.29) is 11.6 Å². The molecule has 0 unspecified atom stereocenters. The van der Waals surface area contributed by atoms with Crippen molar-refractivity contribution in [2.45, 2.75) is 19.3 Å². The number of nitrogens with zero attached hydrogens (tertiary/aromatic N) is 2. The van der Waals surface area contributed by atoms with Crippen LogP contribution in [0.4, 0.5) is 20.2 Å². The molecule has 4 rings (SSSR count). The second-order valence-corrected chi connectivity index (χ2v) is 7.01. The summed E-state index contributed by atoms with van der Waals surface area (Å²) in [6.45, 7) is 5.18. The molecular formula is C21H24F2N2O. The van der Waals surface area contributed by atoms with Crippen LogP contribution in [0.1, 0.15) is 17.5 Å². The predicted molar refractivity (Wildman–Crippen MR) is 99.1 cm³/mol. The van der Waals surface area contributed by atoms with E-state index in [9.17, 15) is 8.78 Å². The highest BCUT2D eigenvalue weighted by atomic mass is 19.1. The summed E-state index contributed by atoms with van der Waals surface area (Å²) < 4.78 is 33.3. The lowest BCUT2D eigenvalue weighted by Gasteiger charge is -2.30. The van der Waals surface area contributed by atoms with Crippen LogP contribution in [0, 0.1) is 11.6 Å². The summed E-state index contributed by atoms with van der Waals surface area (Å²) in [6, 6.07) is 9.93. The van der Waals surface area contributed by atoms with E-state index in [0.717, 1.165) is 81.2 Å². The van der Waals surface area contributed by atoms with Gasteiger partial charge in [0.25, 0.3) is 0 Å². The van der Waals surface area contributed by atoms with Crippen molar-refractivity contribution in [1.29, 1.82) is 0 Å². The normalized spacial score (nSPS) is 17.5. The molecule has 0 radical (unpaired) electrons. The van der Waals surface area contributed by atoms with Crippen LogP contribution >= 0.6 is 0 Å². The smallest absolute Gasteiger partial charge is 0.125 e. The molecule has 2 heterocycles. The van der Waals surface area contributed by atoms with Crippen molar-refractivity contribution < 1.29 is 13.5 Å². The van der Waals surface area contributed by atoms with Gasteiger partial charge in [-0.05, 0) is 54.7 Å². The van der Waals surface area contributed by atoms with Gasteiger partial charge in [-0.2, -0.15) is 0 Å². The van der Waals surface area contributed by atoms with Crippen molar-refractivity contribution in [3.05, 3.63) is 59.2 Å². The van der Waals surface area contributed by atoms with E-state index < -0.39 is 0 Å². The zero-order valence-electron chi connectivity index (χ0n) is 14.9. The molecule has 0 saturated carbocycles. The number of anilines is 2. The monoisotopic (exact) mass is 358 g/mol. The number of hydrogen-bond donors (Lipinski definition) is 0. The number of rotatable bonds is 4. The number of aryl methyl sites for hydroxylation is 2. The Labute approximate surface area is 153 Å². The van der Waals surface area contributed by atoms with Gasteiger partial charge in [-0.3, -0.25) is 4.90 Å². The van der Waals surface area contributed by atoms with Crippen LogP contribution in [-0.4, -0.2) is 44.3 Å². The summed E-state index contributed by atoms with van der Waals surface area (Å²) in [7, 11) is 0. The molecular weight excluding hydrogens is 334 g/mol. The largest absolute Gasteiger partial charge is 0.379 e. The molecule has 0 spiro atoms. The summed E-state index contributed by atoms with van der Waals surface area (Å²) in [5.74, 6) is -0.497. The van der Waals surface area contributed by atoms with Crippen LogP contribution in [-0.2, 0) is 17.6 Å². The van der Waals surface area contributed by atoms with Crippen LogP contribution in [0.15, 0.2) is 36.4 Å². The van der Waals surface area contributed by atoms with E-state index in [0.29, 0.717) is 0 Å². The third-order valence-electron chi connectivity index (χ3n) is 5.30. The van der Waals surface area contributed by atoms with Gasteiger partial charge in [0.1, 0.15) is 11.6 Å². The van der Waals surface area contributed by atoms with Crippen LogP contribution in [0.3, 0.4) is 0 Å². The molecule has 1 fully saturated rings. The first-order valence-electron chi connectivity index (χ1n) is 9.35. The average Bonchev–Trinajstić information content (AvgIpc) is 2.80.